The quantitative estimate of drug-likeness (QED) is 0.892. The van der Waals surface area contributed by atoms with Crippen LogP contribution in [0.5, 0.6) is 0 Å². The Hall–Kier alpha value is -1.32. The van der Waals surface area contributed by atoms with Gasteiger partial charge in [0, 0.05) is 17.6 Å². The molecule has 0 radical (unpaired) electrons. The summed E-state index contributed by atoms with van der Waals surface area (Å²) < 4.78 is 0. The van der Waals surface area contributed by atoms with Gasteiger partial charge in [-0.1, -0.05) is 30.8 Å². The summed E-state index contributed by atoms with van der Waals surface area (Å²) in [6, 6.07) is 10.8. The van der Waals surface area contributed by atoms with Gasteiger partial charge in [0.1, 0.15) is 5.03 Å². The number of pyridine rings is 1. The first-order chi connectivity index (χ1) is 9.19. The first-order valence-corrected chi connectivity index (χ1v) is 7.41. The lowest BCUT2D eigenvalue weighted by Crippen LogP contribution is -2.11. The van der Waals surface area contributed by atoms with Crippen LogP contribution in [0.3, 0.4) is 0 Å². The fourth-order valence-corrected chi connectivity index (χ4v) is 2.60. The summed E-state index contributed by atoms with van der Waals surface area (Å²) in [7, 11) is 0. The number of nitrogens with zero attached hydrogens (tertiary/aromatic N) is 1. The normalized spacial score (nSPS) is 10.7. The predicted molar refractivity (Wildman–Crippen MR) is 81.7 cm³/mol. The molecule has 0 aliphatic carbocycles. The Morgan fingerprint density at radius 3 is 2.58 bits per heavy atom. The third-order valence-corrected chi connectivity index (χ3v) is 4.02. The smallest absolute Gasteiger partial charge is 0.101 e. The van der Waals surface area contributed by atoms with Gasteiger partial charge in [0.15, 0.2) is 0 Å². The molecular weight excluding hydrogens is 252 g/mol. The highest BCUT2D eigenvalue weighted by atomic mass is 32.2. The average molecular weight is 272 g/mol. The Bertz CT molecular complexity index is 535. The van der Waals surface area contributed by atoms with E-state index in [4.69, 9.17) is 0 Å². The largest absolute Gasteiger partial charge is 0.313 e. The highest BCUT2D eigenvalue weighted by Crippen LogP contribution is 2.27. The molecule has 1 aromatic heterocycles. The highest BCUT2D eigenvalue weighted by molar-refractivity contribution is 7.99. The van der Waals surface area contributed by atoms with Gasteiger partial charge in [-0.05, 0) is 55.3 Å². The zero-order valence-corrected chi connectivity index (χ0v) is 12.6. The van der Waals surface area contributed by atoms with Crippen LogP contribution in [-0.4, -0.2) is 11.5 Å². The number of benzene rings is 1. The van der Waals surface area contributed by atoms with E-state index < -0.39 is 0 Å². The topological polar surface area (TPSA) is 24.9 Å². The molecule has 19 heavy (non-hydrogen) atoms. The molecule has 0 saturated carbocycles. The summed E-state index contributed by atoms with van der Waals surface area (Å²) in [6.45, 7) is 8.26. The number of hydrogen-bond acceptors (Lipinski definition) is 3. The summed E-state index contributed by atoms with van der Waals surface area (Å²) in [5.74, 6) is 0. The first-order valence-electron chi connectivity index (χ1n) is 6.60. The van der Waals surface area contributed by atoms with Crippen molar-refractivity contribution in [3.63, 3.8) is 0 Å². The maximum Gasteiger partial charge on any atom is 0.101 e. The van der Waals surface area contributed by atoms with Gasteiger partial charge in [-0.2, -0.15) is 0 Å². The number of hydrogen-bond donors (Lipinski definition) is 1. The second-order valence-corrected chi connectivity index (χ2v) is 5.73. The van der Waals surface area contributed by atoms with Crippen LogP contribution < -0.4 is 5.32 Å². The standard InChI is InChI=1S/C16H20N2S/c1-4-17-10-14-6-8-16(18-11-14)19-15-7-5-12(2)13(3)9-15/h5-9,11,17H,4,10H2,1-3H3. The lowest BCUT2D eigenvalue weighted by Gasteiger charge is -2.06. The number of aryl methyl sites for hydroxylation is 2. The highest BCUT2D eigenvalue weighted by Gasteiger charge is 2.01. The van der Waals surface area contributed by atoms with Gasteiger partial charge in [0.25, 0.3) is 0 Å². The molecule has 0 spiro atoms. The van der Waals surface area contributed by atoms with E-state index in [2.05, 4.69) is 61.4 Å². The van der Waals surface area contributed by atoms with Crippen LogP contribution in [0.2, 0.25) is 0 Å². The summed E-state index contributed by atoms with van der Waals surface area (Å²) >= 11 is 1.71. The molecule has 0 aliphatic rings. The Morgan fingerprint density at radius 1 is 1.11 bits per heavy atom. The molecule has 0 aliphatic heterocycles. The predicted octanol–water partition coefficient (Wildman–Crippen LogP) is 3.96. The van der Waals surface area contributed by atoms with Crippen LogP contribution in [-0.2, 0) is 6.54 Å². The van der Waals surface area contributed by atoms with Crippen LogP contribution in [0.4, 0.5) is 0 Å². The summed E-state index contributed by atoms with van der Waals surface area (Å²) in [5.41, 5.74) is 3.89. The van der Waals surface area contributed by atoms with Crippen LogP contribution in [0.25, 0.3) is 0 Å². The monoisotopic (exact) mass is 272 g/mol. The summed E-state index contributed by atoms with van der Waals surface area (Å²) in [6.07, 6.45) is 1.95. The van der Waals surface area contributed by atoms with E-state index in [9.17, 15) is 0 Å². The molecule has 0 fully saturated rings. The van der Waals surface area contributed by atoms with E-state index in [0.717, 1.165) is 18.1 Å². The van der Waals surface area contributed by atoms with Crippen molar-refractivity contribution in [2.24, 2.45) is 0 Å². The molecule has 2 rings (SSSR count). The molecule has 2 nitrogen and oxygen atoms in total. The lowest BCUT2D eigenvalue weighted by molar-refractivity contribution is 0.723. The zero-order chi connectivity index (χ0) is 13.7. The SMILES string of the molecule is CCNCc1ccc(Sc2ccc(C)c(C)c2)nc1. The molecule has 3 heteroatoms. The van der Waals surface area contributed by atoms with Gasteiger partial charge in [-0.25, -0.2) is 4.98 Å². The Labute approximate surface area is 119 Å². The van der Waals surface area contributed by atoms with Crippen LogP contribution in [0.15, 0.2) is 46.5 Å². The van der Waals surface area contributed by atoms with Gasteiger partial charge in [0.2, 0.25) is 0 Å². The first kappa shape index (κ1) is 14.1. The van der Waals surface area contributed by atoms with Crippen LogP contribution >= 0.6 is 11.8 Å². The van der Waals surface area contributed by atoms with Crippen molar-refractivity contribution >= 4 is 11.8 Å². The van der Waals surface area contributed by atoms with E-state index in [-0.39, 0.29) is 0 Å². The molecule has 0 atom stereocenters. The third kappa shape index (κ3) is 4.08. The molecule has 2 aromatic rings. The molecule has 1 aromatic carbocycles. The number of rotatable bonds is 5. The van der Waals surface area contributed by atoms with Crippen LogP contribution in [0, 0.1) is 13.8 Å². The molecule has 1 N–H and O–H groups in total. The molecule has 0 bridgehead atoms. The fourth-order valence-electron chi connectivity index (χ4n) is 1.74. The third-order valence-electron chi connectivity index (χ3n) is 3.08. The molecule has 0 saturated heterocycles. The minimum absolute atomic E-state index is 0.887. The van der Waals surface area contributed by atoms with E-state index in [0.29, 0.717) is 0 Å². The second kappa shape index (κ2) is 6.73. The fraction of sp³-hybridized carbons (Fsp3) is 0.312. The van der Waals surface area contributed by atoms with E-state index in [1.807, 2.05) is 6.20 Å². The van der Waals surface area contributed by atoms with Crippen molar-refractivity contribution in [2.75, 3.05) is 6.54 Å². The van der Waals surface area contributed by atoms with Crippen molar-refractivity contribution < 1.29 is 0 Å². The minimum atomic E-state index is 0.887. The van der Waals surface area contributed by atoms with E-state index in [1.165, 1.54) is 21.6 Å². The van der Waals surface area contributed by atoms with Gasteiger partial charge in [-0.3, -0.25) is 0 Å². The van der Waals surface area contributed by atoms with E-state index in [1.54, 1.807) is 11.8 Å². The molecule has 100 valence electrons. The van der Waals surface area contributed by atoms with Gasteiger partial charge >= 0.3 is 0 Å². The molecular formula is C16H20N2S. The zero-order valence-electron chi connectivity index (χ0n) is 11.7. The van der Waals surface area contributed by atoms with Crippen molar-refractivity contribution in [3.8, 4) is 0 Å². The number of nitrogens with one attached hydrogen (secondary N) is 1. The molecule has 0 unspecified atom stereocenters. The second-order valence-electron chi connectivity index (χ2n) is 4.63. The van der Waals surface area contributed by atoms with Crippen molar-refractivity contribution in [2.45, 2.75) is 37.2 Å². The van der Waals surface area contributed by atoms with Crippen LogP contribution in [0.1, 0.15) is 23.6 Å². The lowest BCUT2D eigenvalue weighted by atomic mass is 10.1. The average Bonchev–Trinajstić information content (AvgIpc) is 2.42. The van der Waals surface area contributed by atoms with Crippen molar-refractivity contribution in [3.05, 3.63) is 53.2 Å². The van der Waals surface area contributed by atoms with E-state index >= 15 is 0 Å². The molecule has 0 amide bonds. The Kier molecular flexibility index (Phi) is 5.00. The Balaban J connectivity index is 2.04. The van der Waals surface area contributed by atoms with Crippen molar-refractivity contribution in [1.82, 2.24) is 10.3 Å². The Morgan fingerprint density at radius 2 is 1.95 bits per heavy atom. The van der Waals surface area contributed by atoms with Crippen molar-refractivity contribution in [1.29, 1.82) is 0 Å². The van der Waals surface area contributed by atoms with Gasteiger partial charge < -0.3 is 5.32 Å². The summed E-state index contributed by atoms with van der Waals surface area (Å²) in [5, 5.41) is 4.35. The minimum Gasteiger partial charge on any atom is -0.313 e. The number of aromatic nitrogens is 1. The maximum absolute atomic E-state index is 4.50. The van der Waals surface area contributed by atoms with Gasteiger partial charge in [-0.15, -0.1) is 0 Å². The molecule has 1 heterocycles. The van der Waals surface area contributed by atoms with Gasteiger partial charge in [0.05, 0.1) is 0 Å². The summed E-state index contributed by atoms with van der Waals surface area (Å²) in [4.78, 5) is 5.75. The maximum atomic E-state index is 4.50.